The van der Waals surface area contributed by atoms with Crippen LogP contribution in [-0.2, 0) is 5.54 Å². The van der Waals surface area contributed by atoms with Crippen molar-refractivity contribution in [3.8, 4) is 0 Å². The molecule has 2 aromatic rings. The second kappa shape index (κ2) is 7.68. The highest BCUT2D eigenvalue weighted by atomic mass is 16.5. The number of nitrogens with zero attached hydrogens (tertiary/aromatic N) is 5. The van der Waals surface area contributed by atoms with Crippen molar-refractivity contribution in [3.05, 3.63) is 29.2 Å². The lowest BCUT2D eigenvalue weighted by Crippen LogP contribution is -2.39. The van der Waals surface area contributed by atoms with Gasteiger partial charge in [0.1, 0.15) is 0 Å². The SMILES string of the molecule is CC(C)c1nc([C@@H]2CCCN(C(=O)c3cc(C(C)C)n(C(C)(C)C)n3)C2)no1. The Balaban J connectivity index is 1.80. The summed E-state index contributed by atoms with van der Waals surface area (Å²) in [5.41, 5.74) is 1.44. The first-order valence-corrected chi connectivity index (χ1v) is 10.3. The molecule has 0 unspecified atom stereocenters. The normalized spacial score (nSPS) is 18.3. The summed E-state index contributed by atoms with van der Waals surface area (Å²) < 4.78 is 7.35. The van der Waals surface area contributed by atoms with E-state index in [2.05, 4.69) is 49.9 Å². The van der Waals surface area contributed by atoms with Gasteiger partial charge in [0.05, 0.1) is 5.54 Å². The van der Waals surface area contributed by atoms with E-state index in [1.165, 1.54) is 0 Å². The minimum Gasteiger partial charge on any atom is -0.339 e. The number of aromatic nitrogens is 4. The monoisotopic (exact) mass is 387 g/mol. The van der Waals surface area contributed by atoms with Crippen LogP contribution < -0.4 is 0 Å². The third-order valence-corrected chi connectivity index (χ3v) is 5.21. The quantitative estimate of drug-likeness (QED) is 0.782. The minimum absolute atomic E-state index is 0.0119. The van der Waals surface area contributed by atoms with E-state index in [0.717, 1.165) is 25.1 Å². The summed E-state index contributed by atoms with van der Waals surface area (Å²) in [5.74, 6) is 1.98. The van der Waals surface area contributed by atoms with Crippen LogP contribution in [0.25, 0.3) is 0 Å². The molecule has 154 valence electrons. The maximum absolute atomic E-state index is 13.2. The number of hydrogen-bond donors (Lipinski definition) is 0. The van der Waals surface area contributed by atoms with Crippen molar-refractivity contribution in [1.82, 2.24) is 24.8 Å². The van der Waals surface area contributed by atoms with E-state index >= 15 is 0 Å². The van der Waals surface area contributed by atoms with Crippen molar-refractivity contribution in [2.24, 2.45) is 0 Å². The van der Waals surface area contributed by atoms with Gasteiger partial charge in [-0.1, -0.05) is 32.9 Å². The van der Waals surface area contributed by atoms with Gasteiger partial charge in [0.25, 0.3) is 5.91 Å². The Hall–Kier alpha value is -2.18. The summed E-state index contributed by atoms with van der Waals surface area (Å²) in [7, 11) is 0. The number of carbonyl (C=O) groups excluding carboxylic acids is 1. The largest absolute Gasteiger partial charge is 0.339 e. The maximum Gasteiger partial charge on any atom is 0.274 e. The fraction of sp³-hybridized carbons (Fsp3) is 0.714. The molecule has 0 bridgehead atoms. The molecule has 2 aromatic heterocycles. The van der Waals surface area contributed by atoms with Gasteiger partial charge in [0.15, 0.2) is 11.5 Å². The van der Waals surface area contributed by atoms with Crippen LogP contribution in [0.4, 0.5) is 0 Å². The van der Waals surface area contributed by atoms with Gasteiger partial charge in [0, 0.05) is 30.6 Å². The summed E-state index contributed by atoms with van der Waals surface area (Å²) in [6.45, 7) is 16.0. The van der Waals surface area contributed by atoms with Gasteiger partial charge in [-0.05, 0) is 45.6 Å². The van der Waals surface area contributed by atoms with Crippen molar-refractivity contribution >= 4 is 5.91 Å². The number of likely N-dealkylation sites (tertiary alicyclic amines) is 1. The van der Waals surface area contributed by atoms with Gasteiger partial charge in [-0.25, -0.2) is 0 Å². The zero-order valence-corrected chi connectivity index (χ0v) is 18.2. The molecule has 1 atom stereocenters. The van der Waals surface area contributed by atoms with E-state index in [1.54, 1.807) is 0 Å². The van der Waals surface area contributed by atoms with Crippen LogP contribution in [0.1, 0.15) is 107 Å². The Kier molecular flexibility index (Phi) is 5.64. The topological polar surface area (TPSA) is 77.1 Å². The number of amides is 1. The molecular weight excluding hydrogens is 354 g/mol. The molecule has 7 heteroatoms. The molecule has 0 aliphatic carbocycles. The molecule has 28 heavy (non-hydrogen) atoms. The zero-order chi connectivity index (χ0) is 20.6. The predicted octanol–water partition coefficient (Wildman–Crippen LogP) is 4.29. The van der Waals surface area contributed by atoms with E-state index in [1.807, 2.05) is 29.5 Å². The second-order valence-electron chi connectivity index (χ2n) is 9.43. The lowest BCUT2D eigenvalue weighted by molar-refractivity contribution is 0.0696. The van der Waals surface area contributed by atoms with Crippen LogP contribution in [0.2, 0.25) is 0 Å². The summed E-state index contributed by atoms with van der Waals surface area (Å²) in [4.78, 5) is 19.6. The molecule has 0 spiro atoms. The van der Waals surface area contributed by atoms with Gasteiger partial charge in [-0.3, -0.25) is 9.48 Å². The average molecular weight is 388 g/mol. The third kappa shape index (κ3) is 4.13. The average Bonchev–Trinajstić information content (AvgIpc) is 3.28. The highest BCUT2D eigenvalue weighted by Gasteiger charge is 2.31. The van der Waals surface area contributed by atoms with E-state index in [-0.39, 0.29) is 23.3 Å². The summed E-state index contributed by atoms with van der Waals surface area (Å²) in [6, 6.07) is 1.95. The standard InChI is InChI=1S/C21H33N5O2/c1-13(2)17-11-16(23-26(17)21(5,6)7)20(27)25-10-8-9-15(12-25)18-22-19(14(3)4)28-24-18/h11,13-15H,8-10,12H2,1-7H3/t15-/m1/s1. The molecule has 1 aliphatic heterocycles. The van der Waals surface area contributed by atoms with Crippen LogP contribution in [0, 0.1) is 0 Å². The fourth-order valence-corrected chi connectivity index (χ4v) is 3.63. The smallest absolute Gasteiger partial charge is 0.274 e. The predicted molar refractivity (Wildman–Crippen MR) is 108 cm³/mol. The Labute approximate surface area is 167 Å². The van der Waals surface area contributed by atoms with Gasteiger partial charge < -0.3 is 9.42 Å². The van der Waals surface area contributed by atoms with E-state index in [0.29, 0.717) is 29.9 Å². The number of rotatable bonds is 4. The molecule has 0 saturated carbocycles. The highest BCUT2D eigenvalue weighted by Crippen LogP contribution is 2.28. The molecule has 1 fully saturated rings. The van der Waals surface area contributed by atoms with Crippen LogP contribution in [-0.4, -0.2) is 43.8 Å². The number of carbonyl (C=O) groups is 1. The van der Waals surface area contributed by atoms with Crippen molar-refractivity contribution in [1.29, 1.82) is 0 Å². The van der Waals surface area contributed by atoms with Gasteiger partial charge in [-0.2, -0.15) is 10.1 Å². The highest BCUT2D eigenvalue weighted by molar-refractivity contribution is 5.92. The van der Waals surface area contributed by atoms with Crippen molar-refractivity contribution < 1.29 is 9.32 Å². The molecule has 0 radical (unpaired) electrons. The summed E-state index contributed by atoms with van der Waals surface area (Å²) in [5, 5.41) is 8.84. The Morgan fingerprint density at radius 3 is 2.46 bits per heavy atom. The summed E-state index contributed by atoms with van der Waals surface area (Å²) in [6.07, 6.45) is 1.90. The van der Waals surface area contributed by atoms with Crippen molar-refractivity contribution in [2.75, 3.05) is 13.1 Å². The van der Waals surface area contributed by atoms with Crippen LogP contribution in [0.15, 0.2) is 10.6 Å². The third-order valence-electron chi connectivity index (χ3n) is 5.21. The molecule has 1 saturated heterocycles. The van der Waals surface area contributed by atoms with E-state index in [9.17, 15) is 4.79 Å². The zero-order valence-electron chi connectivity index (χ0n) is 18.2. The molecule has 7 nitrogen and oxygen atoms in total. The molecule has 1 amide bonds. The van der Waals surface area contributed by atoms with Crippen molar-refractivity contribution in [2.45, 2.75) is 84.6 Å². The first-order valence-electron chi connectivity index (χ1n) is 10.3. The van der Waals surface area contributed by atoms with Gasteiger partial charge in [0.2, 0.25) is 5.89 Å². The van der Waals surface area contributed by atoms with Crippen LogP contribution in [0.5, 0.6) is 0 Å². The number of hydrogen-bond acceptors (Lipinski definition) is 5. The molecule has 3 rings (SSSR count). The Morgan fingerprint density at radius 2 is 1.93 bits per heavy atom. The Bertz CT molecular complexity index is 828. The molecule has 0 aromatic carbocycles. The maximum atomic E-state index is 13.2. The fourth-order valence-electron chi connectivity index (χ4n) is 3.63. The van der Waals surface area contributed by atoms with Crippen LogP contribution >= 0.6 is 0 Å². The lowest BCUT2D eigenvalue weighted by Gasteiger charge is -2.30. The van der Waals surface area contributed by atoms with Crippen molar-refractivity contribution in [3.63, 3.8) is 0 Å². The first kappa shape index (κ1) is 20.6. The molecule has 1 aliphatic rings. The minimum atomic E-state index is -0.166. The van der Waals surface area contributed by atoms with E-state index in [4.69, 9.17) is 4.52 Å². The van der Waals surface area contributed by atoms with Gasteiger partial charge in [-0.15, -0.1) is 0 Å². The number of piperidine rings is 1. The Morgan fingerprint density at radius 1 is 1.21 bits per heavy atom. The molecular formula is C21H33N5O2. The lowest BCUT2D eigenvalue weighted by atomic mass is 9.97. The second-order valence-corrected chi connectivity index (χ2v) is 9.43. The molecule has 0 N–H and O–H groups in total. The first-order chi connectivity index (χ1) is 13.1. The van der Waals surface area contributed by atoms with E-state index < -0.39 is 0 Å². The van der Waals surface area contributed by atoms with Gasteiger partial charge >= 0.3 is 0 Å². The van der Waals surface area contributed by atoms with Crippen LogP contribution in [0.3, 0.4) is 0 Å². The summed E-state index contributed by atoms with van der Waals surface area (Å²) >= 11 is 0. The molecule has 3 heterocycles.